The van der Waals surface area contributed by atoms with Crippen molar-refractivity contribution in [2.45, 2.75) is 71.8 Å². The normalized spacial score (nSPS) is 39.6. The van der Waals surface area contributed by atoms with Crippen molar-refractivity contribution in [2.75, 3.05) is 0 Å². The molecule has 0 saturated heterocycles. The van der Waals surface area contributed by atoms with Crippen LogP contribution in [0.1, 0.15) is 71.3 Å². The lowest BCUT2D eigenvalue weighted by molar-refractivity contribution is -0.0280. The molecular formula is C28H35NO. The van der Waals surface area contributed by atoms with Gasteiger partial charge in [0, 0.05) is 25.7 Å². The van der Waals surface area contributed by atoms with Crippen LogP contribution in [0.3, 0.4) is 0 Å². The van der Waals surface area contributed by atoms with Crippen LogP contribution >= 0.6 is 0 Å². The Labute approximate surface area is 181 Å². The zero-order chi connectivity index (χ0) is 20.9. The highest BCUT2D eigenvalue weighted by molar-refractivity contribution is 5.72. The van der Waals surface area contributed by atoms with E-state index in [1.165, 1.54) is 37.7 Å². The molecule has 2 nitrogen and oxygen atoms in total. The first-order valence-electron chi connectivity index (χ1n) is 11.8. The second-order valence-electron chi connectivity index (χ2n) is 10.5. The van der Waals surface area contributed by atoms with Crippen LogP contribution in [-0.2, 0) is 4.74 Å². The minimum atomic E-state index is 0.300. The largest absolute Gasteiger partial charge is 0.487 e. The highest BCUT2D eigenvalue weighted by Crippen LogP contribution is 2.66. The zero-order valence-electron chi connectivity index (χ0n) is 18.8. The first kappa shape index (κ1) is 19.9. The van der Waals surface area contributed by atoms with Gasteiger partial charge in [-0.05, 0) is 84.3 Å². The summed E-state index contributed by atoms with van der Waals surface area (Å²) in [7, 11) is 0. The van der Waals surface area contributed by atoms with Gasteiger partial charge in [-0.15, -0.1) is 0 Å². The van der Waals surface area contributed by atoms with Crippen molar-refractivity contribution in [3.05, 3.63) is 65.9 Å². The van der Waals surface area contributed by atoms with Crippen molar-refractivity contribution < 1.29 is 4.74 Å². The van der Waals surface area contributed by atoms with E-state index in [9.17, 15) is 0 Å². The van der Waals surface area contributed by atoms with Gasteiger partial charge in [-0.2, -0.15) is 0 Å². The summed E-state index contributed by atoms with van der Waals surface area (Å²) in [5.41, 5.74) is 8.12. The number of hydrogen-bond acceptors (Lipinski definition) is 2. The summed E-state index contributed by atoms with van der Waals surface area (Å²) in [6.45, 7) is 10.8. The van der Waals surface area contributed by atoms with Crippen LogP contribution in [0.4, 0.5) is 0 Å². The fourth-order valence-electron chi connectivity index (χ4n) is 7.56. The Balaban J connectivity index is 1.40. The quantitative estimate of drug-likeness (QED) is 0.306. The maximum Gasteiger partial charge on any atom is 0.135 e. The van der Waals surface area contributed by atoms with Gasteiger partial charge in [0.15, 0.2) is 0 Å². The van der Waals surface area contributed by atoms with Gasteiger partial charge in [-0.25, -0.2) is 0 Å². The van der Waals surface area contributed by atoms with Gasteiger partial charge in [-0.1, -0.05) is 49.9 Å². The summed E-state index contributed by atoms with van der Waals surface area (Å²) >= 11 is 0. The Morgan fingerprint density at radius 2 is 1.97 bits per heavy atom. The molecule has 0 spiro atoms. The van der Waals surface area contributed by atoms with E-state index >= 15 is 0 Å². The minimum absolute atomic E-state index is 0.300. The van der Waals surface area contributed by atoms with Gasteiger partial charge < -0.3 is 4.74 Å². The molecule has 0 amide bonds. The van der Waals surface area contributed by atoms with Crippen LogP contribution < -0.4 is 0 Å². The SMILES string of the molecule is C=C=C(C)OC1CCC2(C)C(=CCC3C2CCC2(C)C(c4cccnc4)=CCC32)C1. The molecule has 1 aromatic heterocycles. The molecule has 5 rings (SSSR count). The van der Waals surface area contributed by atoms with Crippen molar-refractivity contribution in [3.8, 4) is 0 Å². The molecule has 2 heteroatoms. The summed E-state index contributed by atoms with van der Waals surface area (Å²) < 4.78 is 6.11. The van der Waals surface area contributed by atoms with Gasteiger partial charge in [-0.3, -0.25) is 4.98 Å². The third-order valence-electron chi connectivity index (χ3n) is 9.20. The Morgan fingerprint density at radius 1 is 1.13 bits per heavy atom. The van der Waals surface area contributed by atoms with E-state index in [2.05, 4.69) is 61.6 Å². The second kappa shape index (κ2) is 7.27. The zero-order valence-corrected chi connectivity index (χ0v) is 18.8. The maximum atomic E-state index is 6.11. The van der Waals surface area contributed by atoms with E-state index < -0.39 is 0 Å². The molecule has 0 aliphatic heterocycles. The second-order valence-corrected chi connectivity index (χ2v) is 10.5. The predicted molar refractivity (Wildman–Crippen MR) is 123 cm³/mol. The van der Waals surface area contributed by atoms with E-state index in [4.69, 9.17) is 4.74 Å². The number of allylic oxidation sites excluding steroid dienone is 4. The minimum Gasteiger partial charge on any atom is -0.487 e. The molecule has 0 aromatic carbocycles. The van der Waals surface area contributed by atoms with E-state index in [0.717, 1.165) is 36.4 Å². The molecule has 2 fully saturated rings. The van der Waals surface area contributed by atoms with Crippen LogP contribution in [0.25, 0.3) is 5.57 Å². The van der Waals surface area contributed by atoms with Gasteiger partial charge >= 0.3 is 0 Å². The standard InChI is InChI=1S/C28H35NO/c1-5-19(2)30-22-12-14-27(3)21(17-22)8-9-23-25-11-10-24(20-7-6-16-29-18-20)28(25,4)15-13-26(23)27/h6-8,10,16,18,22-23,25-26H,1,9,11-15,17H2,2-4H3. The number of ether oxygens (including phenoxy) is 1. The van der Waals surface area contributed by atoms with Crippen LogP contribution in [0, 0.1) is 28.6 Å². The lowest BCUT2D eigenvalue weighted by Crippen LogP contribution is -2.50. The van der Waals surface area contributed by atoms with E-state index in [1.807, 2.05) is 13.1 Å². The molecule has 6 atom stereocenters. The molecule has 0 radical (unpaired) electrons. The summed E-state index contributed by atoms with van der Waals surface area (Å²) in [4.78, 5) is 4.41. The first-order chi connectivity index (χ1) is 14.5. The van der Waals surface area contributed by atoms with Gasteiger partial charge in [0.1, 0.15) is 11.9 Å². The molecule has 2 saturated carbocycles. The molecule has 158 valence electrons. The van der Waals surface area contributed by atoms with Gasteiger partial charge in [0.2, 0.25) is 0 Å². The Hall–Kier alpha value is -2.05. The average Bonchev–Trinajstić information content (AvgIpc) is 3.11. The maximum absolute atomic E-state index is 6.11. The summed E-state index contributed by atoms with van der Waals surface area (Å²) in [5.74, 6) is 3.22. The van der Waals surface area contributed by atoms with Crippen LogP contribution in [0.15, 0.2) is 60.3 Å². The van der Waals surface area contributed by atoms with Crippen LogP contribution in [0.2, 0.25) is 0 Å². The summed E-state index contributed by atoms with van der Waals surface area (Å²) in [6, 6.07) is 4.33. The van der Waals surface area contributed by atoms with Crippen LogP contribution in [-0.4, -0.2) is 11.1 Å². The summed E-state index contributed by atoms with van der Waals surface area (Å²) in [5, 5.41) is 0. The summed E-state index contributed by atoms with van der Waals surface area (Å²) in [6.07, 6.45) is 18.0. The van der Waals surface area contributed by atoms with Crippen molar-refractivity contribution in [3.63, 3.8) is 0 Å². The number of fused-ring (bicyclic) bond motifs is 5. The van der Waals surface area contributed by atoms with E-state index in [-0.39, 0.29) is 0 Å². The average molecular weight is 402 g/mol. The molecule has 0 N–H and O–H groups in total. The number of rotatable bonds is 3. The van der Waals surface area contributed by atoms with Crippen LogP contribution in [0.5, 0.6) is 0 Å². The van der Waals surface area contributed by atoms with Crippen molar-refractivity contribution >= 4 is 5.57 Å². The lowest BCUT2D eigenvalue weighted by Gasteiger charge is -2.58. The van der Waals surface area contributed by atoms with Crippen molar-refractivity contribution in [1.82, 2.24) is 4.98 Å². The van der Waals surface area contributed by atoms with E-state index in [1.54, 1.807) is 11.1 Å². The number of nitrogens with zero attached hydrogens (tertiary/aromatic N) is 1. The molecule has 6 unspecified atom stereocenters. The number of hydrogen-bond donors (Lipinski definition) is 0. The topological polar surface area (TPSA) is 22.1 Å². The molecular weight excluding hydrogens is 366 g/mol. The fraction of sp³-hybridized carbons (Fsp3) is 0.571. The van der Waals surface area contributed by atoms with E-state index in [0.29, 0.717) is 16.9 Å². The third-order valence-corrected chi connectivity index (χ3v) is 9.20. The van der Waals surface area contributed by atoms with Crippen molar-refractivity contribution in [1.29, 1.82) is 0 Å². The Kier molecular flexibility index (Phi) is 4.82. The lowest BCUT2D eigenvalue weighted by atomic mass is 9.47. The first-order valence-corrected chi connectivity index (χ1v) is 11.8. The molecule has 1 heterocycles. The molecule has 1 aromatic rings. The Bertz CT molecular complexity index is 937. The Morgan fingerprint density at radius 3 is 2.73 bits per heavy atom. The number of pyridine rings is 1. The fourth-order valence-corrected chi connectivity index (χ4v) is 7.56. The highest BCUT2D eigenvalue weighted by atomic mass is 16.5. The van der Waals surface area contributed by atoms with Crippen molar-refractivity contribution in [2.24, 2.45) is 28.6 Å². The molecule has 4 aliphatic carbocycles. The van der Waals surface area contributed by atoms with Gasteiger partial charge in [0.25, 0.3) is 0 Å². The van der Waals surface area contributed by atoms with Gasteiger partial charge in [0.05, 0.1) is 0 Å². The molecule has 4 aliphatic rings. The smallest absolute Gasteiger partial charge is 0.135 e. The molecule has 0 bridgehead atoms. The third kappa shape index (κ3) is 2.95. The predicted octanol–water partition coefficient (Wildman–Crippen LogP) is 7.11. The molecule has 30 heavy (non-hydrogen) atoms. The highest BCUT2D eigenvalue weighted by Gasteiger charge is 2.56. The number of aromatic nitrogens is 1. The monoisotopic (exact) mass is 401 g/mol.